The second-order valence-electron chi connectivity index (χ2n) is 4.07. The first-order valence-corrected chi connectivity index (χ1v) is 5.85. The first-order valence-electron chi connectivity index (χ1n) is 5.85. The number of nitrogen functional groups attached to an aromatic ring is 1. The molecule has 0 saturated carbocycles. The summed E-state index contributed by atoms with van der Waals surface area (Å²) in [5.74, 6) is -0.353. The summed E-state index contributed by atoms with van der Waals surface area (Å²) in [6.45, 7) is 3.86. The highest BCUT2D eigenvalue weighted by molar-refractivity contribution is 5.94. The van der Waals surface area contributed by atoms with Gasteiger partial charge in [0.2, 0.25) is 0 Å². The summed E-state index contributed by atoms with van der Waals surface area (Å²) in [7, 11) is 0. The van der Waals surface area contributed by atoms with E-state index in [4.69, 9.17) is 10.5 Å². The van der Waals surface area contributed by atoms with Crippen LogP contribution >= 0.6 is 0 Å². The number of ether oxygens (including phenoxy) is 1. The van der Waals surface area contributed by atoms with E-state index in [0.717, 1.165) is 5.56 Å². The Morgan fingerprint density at radius 1 is 1.53 bits per heavy atom. The molecular formula is C13H15N3O3. The summed E-state index contributed by atoms with van der Waals surface area (Å²) in [4.78, 5) is 11.6. The molecule has 1 aromatic heterocycles. The zero-order chi connectivity index (χ0) is 14.0. The van der Waals surface area contributed by atoms with Gasteiger partial charge in [0.1, 0.15) is 22.8 Å². The maximum Gasteiger partial charge on any atom is 0.343 e. The van der Waals surface area contributed by atoms with E-state index in [0.29, 0.717) is 5.69 Å². The third-order valence-corrected chi connectivity index (χ3v) is 2.66. The van der Waals surface area contributed by atoms with Crippen molar-refractivity contribution in [3.8, 4) is 11.4 Å². The predicted octanol–water partition coefficient (Wildman–Crippen LogP) is 1.65. The average Bonchev–Trinajstić information content (AvgIpc) is 2.74. The fourth-order valence-electron chi connectivity index (χ4n) is 1.72. The molecule has 0 spiro atoms. The van der Waals surface area contributed by atoms with Crippen molar-refractivity contribution in [2.24, 2.45) is 0 Å². The first kappa shape index (κ1) is 12.9. The predicted molar refractivity (Wildman–Crippen MR) is 70.3 cm³/mol. The minimum Gasteiger partial charge on any atom is -0.506 e. The number of nitrogens with two attached hydrogens (primary N) is 1. The van der Waals surface area contributed by atoms with E-state index in [2.05, 4.69) is 5.10 Å². The quantitative estimate of drug-likeness (QED) is 0.820. The van der Waals surface area contributed by atoms with Crippen LogP contribution in [0.25, 0.3) is 5.69 Å². The molecule has 1 heterocycles. The standard InChI is InChI=1S/C13H15N3O3/c1-3-19-13(18)9-7-15-16(12(9)14)10-6-8(2)4-5-11(10)17/h4-7,17H,3,14H2,1-2H3. The van der Waals surface area contributed by atoms with Crippen LogP contribution in [0.5, 0.6) is 5.75 Å². The number of carbonyl (C=O) groups excluding carboxylic acids is 1. The number of nitrogens with zero attached hydrogens (tertiary/aromatic N) is 2. The van der Waals surface area contributed by atoms with Gasteiger partial charge in [-0.2, -0.15) is 5.10 Å². The topological polar surface area (TPSA) is 90.4 Å². The van der Waals surface area contributed by atoms with Gasteiger partial charge in [-0.15, -0.1) is 0 Å². The smallest absolute Gasteiger partial charge is 0.343 e. The zero-order valence-electron chi connectivity index (χ0n) is 10.8. The van der Waals surface area contributed by atoms with Crippen molar-refractivity contribution < 1.29 is 14.6 Å². The molecule has 1 aromatic carbocycles. The summed E-state index contributed by atoms with van der Waals surface area (Å²) in [5.41, 5.74) is 7.43. The number of aromatic hydroxyl groups is 1. The minimum absolute atomic E-state index is 0.0378. The van der Waals surface area contributed by atoms with Gasteiger partial charge in [0.25, 0.3) is 0 Å². The van der Waals surface area contributed by atoms with E-state index >= 15 is 0 Å². The second-order valence-corrected chi connectivity index (χ2v) is 4.07. The van der Waals surface area contributed by atoms with E-state index in [-0.39, 0.29) is 23.7 Å². The summed E-state index contributed by atoms with van der Waals surface area (Å²) in [5, 5.41) is 13.9. The van der Waals surface area contributed by atoms with Gasteiger partial charge in [0.05, 0.1) is 12.8 Å². The molecule has 2 rings (SSSR count). The molecule has 2 aromatic rings. The molecule has 0 saturated heterocycles. The van der Waals surface area contributed by atoms with Gasteiger partial charge in [-0.25, -0.2) is 9.48 Å². The van der Waals surface area contributed by atoms with E-state index in [1.165, 1.54) is 10.9 Å². The number of hydrogen-bond acceptors (Lipinski definition) is 5. The van der Waals surface area contributed by atoms with Gasteiger partial charge in [0.15, 0.2) is 0 Å². The number of esters is 1. The van der Waals surface area contributed by atoms with Crippen LogP contribution in [0, 0.1) is 6.92 Å². The van der Waals surface area contributed by atoms with Gasteiger partial charge >= 0.3 is 5.97 Å². The van der Waals surface area contributed by atoms with Crippen LogP contribution < -0.4 is 5.73 Å². The number of hydrogen-bond donors (Lipinski definition) is 2. The van der Waals surface area contributed by atoms with Crippen molar-refractivity contribution >= 4 is 11.8 Å². The maximum absolute atomic E-state index is 11.6. The van der Waals surface area contributed by atoms with Crippen LogP contribution in [0.3, 0.4) is 0 Å². The molecule has 3 N–H and O–H groups in total. The van der Waals surface area contributed by atoms with Crippen LogP contribution in [0.4, 0.5) is 5.82 Å². The van der Waals surface area contributed by atoms with Gasteiger partial charge in [-0.1, -0.05) is 6.07 Å². The minimum atomic E-state index is -0.529. The number of rotatable bonds is 3. The monoisotopic (exact) mass is 261 g/mol. The Kier molecular flexibility index (Phi) is 3.41. The van der Waals surface area contributed by atoms with Gasteiger partial charge in [-0.05, 0) is 31.5 Å². The van der Waals surface area contributed by atoms with Crippen LogP contribution in [0.2, 0.25) is 0 Å². The SMILES string of the molecule is CCOC(=O)c1cnn(-c2cc(C)ccc2O)c1N. The third kappa shape index (κ3) is 2.37. The molecular weight excluding hydrogens is 246 g/mol. The largest absolute Gasteiger partial charge is 0.506 e. The lowest BCUT2D eigenvalue weighted by Gasteiger charge is -2.08. The molecule has 0 aliphatic rings. The lowest BCUT2D eigenvalue weighted by molar-refractivity contribution is 0.0527. The van der Waals surface area contributed by atoms with Crippen LogP contribution in [-0.4, -0.2) is 27.5 Å². The summed E-state index contributed by atoms with van der Waals surface area (Å²) >= 11 is 0. The summed E-state index contributed by atoms with van der Waals surface area (Å²) in [6.07, 6.45) is 1.33. The Hall–Kier alpha value is -2.50. The zero-order valence-corrected chi connectivity index (χ0v) is 10.8. The number of benzene rings is 1. The van der Waals surface area contributed by atoms with Crippen molar-refractivity contribution in [1.82, 2.24) is 9.78 Å². The van der Waals surface area contributed by atoms with Crippen molar-refractivity contribution in [2.45, 2.75) is 13.8 Å². The molecule has 0 unspecified atom stereocenters. The van der Waals surface area contributed by atoms with Crippen LogP contribution in [0.1, 0.15) is 22.8 Å². The van der Waals surface area contributed by atoms with Gasteiger partial charge < -0.3 is 15.6 Å². The third-order valence-electron chi connectivity index (χ3n) is 2.66. The van der Waals surface area contributed by atoms with Crippen LogP contribution in [0.15, 0.2) is 24.4 Å². The molecule has 0 bridgehead atoms. The first-order chi connectivity index (χ1) is 9.04. The molecule has 6 nitrogen and oxygen atoms in total. The number of aryl methyl sites for hydroxylation is 1. The number of phenolic OH excluding ortho intramolecular Hbond substituents is 1. The molecule has 19 heavy (non-hydrogen) atoms. The Bertz CT molecular complexity index is 620. The fourth-order valence-corrected chi connectivity index (χ4v) is 1.72. The Morgan fingerprint density at radius 3 is 2.95 bits per heavy atom. The normalized spacial score (nSPS) is 10.4. The van der Waals surface area contributed by atoms with E-state index in [9.17, 15) is 9.90 Å². The van der Waals surface area contributed by atoms with Crippen molar-refractivity contribution in [3.63, 3.8) is 0 Å². The molecule has 0 atom stereocenters. The highest BCUT2D eigenvalue weighted by Crippen LogP contribution is 2.26. The van der Waals surface area contributed by atoms with E-state index < -0.39 is 5.97 Å². The number of aromatic nitrogens is 2. The van der Waals surface area contributed by atoms with Crippen molar-refractivity contribution in [2.75, 3.05) is 12.3 Å². The molecule has 100 valence electrons. The molecule has 0 fully saturated rings. The fraction of sp³-hybridized carbons (Fsp3) is 0.231. The highest BCUT2D eigenvalue weighted by Gasteiger charge is 2.18. The molecule has 0 aliphatic heterocycles. The van der Waals surface area contributed by atoms with Gasteiger partial charge in [-0.3, -0.25) is 0 Å². The molecule has 0 amide bonds. The number of phenols is 1. The Labute approximate surface area is 110 Å². The van der Waals surface area contributed by atoms with Crippen molar-refractivity contribution in [1.29, 1.82) is 0 Å². The Morgan fingerprint density at radius 2 is 2.26 bits per heavy atom. The summed E-state index contributed by atoms with van der Waals surface area (Å²) in [6, 6.07) is 5.05. The lowest BCUT2D eigenvalue weighted by Crippen LogP contribution is -2.09. The van der Waals surface area contributed by atoms with E-state index in [1.807, 2.05) is 6.92 Å². The molecule has 0 aliphatic carbocycles. The summed E-state index contributed by atoms with van der Waals surface area (Å²) < 4.78 is 6.19. The average molecular weight is 261 g/mol. The molecule has 6 heteroatoms. The number of carbonyl (C=O) groups is 1. The highest BCUT2D eigenvalue weighted by atomic mass is 16.5. The van der Waals surface area contributed by atoms with Gasteiger partial charge in [0, 0.05) is 0 Å². The second kappa shape index (κ2) is 5.01. The maximum atomic E-state index is 11.6. The van der Waals surface area contributed by atoms with Crippen molar-refractivity contribution in [3.05, 3.63) is 35.5 Å². The number of anilines is 1. The van der Waals surface area contributed by atoms with Crippen LogP contribution in [-0.2, 0) is 4.74 Å². The van der Waals surface area contributed by atoms with E-state index in [1.54, 1.807) is 25.1 Å². The lowest BCUT2D eigenvalue weighted by atomic mass is 10.2. The Balaban J connectivity index is 2.47. The molecule has 0 radical (unpaired) electrons.